The Balaban J connectivity index is 1.79. The van der Waals surface area contributed by atoms with Crippen LogP contribution in [0.5, 0.6) is 0 Å². The maximum atomic E-state index is 13.6. The largest absolute Gasteiger partial charge is 0.376 e. The summed E-state index contributed by atoms with van der Waals surface area (Å²) < 4.78 is 25.0. The van der Waals surface area contributed by atoms with E-state index in [0.717, 1.165) is 30.1 Å². The van der Waals surface area contributed by atoms with E-state index >= 15 is 0 Å². The van der Waals surface area contributed by atoms with Crippen LogP contribution in [-0.4, -0.2) is 25.7 Å². The van der Waals surface area contributed by atoms with Crippen molar-refractivity contribution >= 4 is 17.8 Å². The zero-order chi connectivity index (χ0) is 15.3. The highest BCUT2D eigenvalue weighted by atomic mass is 31.2. The van der Waals surface area contributed by atoms with E-state index in [4.69, 9.17) is 9.47 Å². The second-order valence-corrected chi connectivity index (χ2v) is 8.32. The van der Waals surface area contributed by atoms with E-state index < -0.39 is 7.14 Å². The molecule has 0 N–H and O–H groups in total. The fraction of sp³-hybridized carbons (Fsp3) is 0.333. The molecule has 4 heteroatoms. The highest BCUT2D eigenvalue weighted by molar-refractivity contribution is 7.78. The molecular formula is C18H21O3P. The molecule has 0 bridgehead atoms. The molecule has 0 radical (unpaired) electrons. The maximum absolute atomic E-state index is 13.6. The molecule has 0 saturated carbocycles. The third-order valence-electron chi connectivity index (χ3n) is 3.95. The fourth-order valence-corrected chi connectivity index (χ4v) is 4.99. The van der Waals surface area contributed by atoms with Crippen LogP contribution in [0.15, 0.2) is 60.7 Å². The number of rotatable bonds is 6. The van der Waals surface area contributed by atoms with Gasteiger partial charge in [-0.15, -0.1) is 0 Å². The first-order valence-corrected chi connectivity index (χ1v) is 9.58. The first-order valence-electron chi connectivity index (χ1n) is 7.69. The normalized spacial score (nSPS) is 18.5. The standard InChI is InChI=1S/C18H21O3P/c19-22(17-9-3-1-4-10-17,18-11-5-2-6-12-18)15-20-14-16-8-7-13-21-16/h1-6,9-12,16H,7-8,13-15H2. The molecule has 2 aromatic carbocycles. The minimum Gasteiger partial charge on any atom is -0.376 e. The smallest absolute Gasteiger partial charge is 0.167 e. The Morgan fingerprint density at radius 3 is 2.09 bits per heavy atom. The number of benzene rings is 2. The van der Waals surface area contributed by atoms with E-state index in [-0.39, 0.29) is 12.5 Å². The molecule has 0 spiro atoms. The third kappa shape index (κ3) is 3.49. The topological polar surface area (TPSA) is 35.5 Å². The molecule has 2 aromatic rings. The van der Waals surface area contributed by atoms with Gasteiger partial charge in [0.25, 0.3) is 0 Å². The van der Waals surface area contributed by atoms with Crippen molar-refractivity contribution in [3.63, 3.8) is 0 Å². The molecular weight excluding hydrogens is 295 g/mol. The Morgan fingerprint density at radius 2 is 1.59 bits per heavy atom. The van der Waals surface area contributed by atoms with Crippen molar-refractivity contribution in [1.82, 2.24) is 0 Å². The predicted octanol–water partition coefficient (Wildman–Crippen LogP) is 3.15. The molecule has 3 rings (SSSR count). The highest BCUT2D eigenvalue weighted by Crippen LogP contribution is 2.43. The molecule has 22 heavy (non-hydrogen) atoms. The molecule has 1 heterocycles. The highest BCUT2D eigenvalue weighted by Gasteiger charge is 2.28. The van der Waals surface area contributed by atoms with Gasteiger partial charge >= 0.3 is 0 Å². The van der Waals surface area contributed by atoms with Crippen LogP contribution >= 0.6 is 7.14 Å². The summed E-state index contributed by atoms with van der Waals surface area (Å²) in [5, 5.41) is 1.68. The summed E-state index contributed by atoms with van der Waals surface area (Å²) in [6.07, 6.45) is 2.49. The molecule has 1 fully saturated rings. The van der Waals surface area contributed by atoms with E-state index in [0.29, 0.717) is 6.61 Å². The van der Waals surface area contributed by atoms with E-state index in [1.807, 2.05) is 60.7 Å². The summed E-state index contributed by atoms with van der Waals surface area (Å²) in [5.74, 6) is 0. The van der Waals surface area contributed by atoms with E-state index in [1.165, 1.54) is 0 Å². The number of hydrogen-bond acceptors (Lipinski definition) is 3. The average molecular weight is 316 g/mol. The van der Waals surface area contributed by atoms with Crippen LogP contribution in [0.25, 0.3) is 0 Å². The van der Waals surface area contributed by atoms with Crippen LogP contribution in [0.4, 0.5) is 0 Å². The minimum atomic E-state index is -2.76. The van der Waals surface area contributed by atoms with Gasteiger partial charge < -0.3 is 14.0 Å². The van der Waals surface area contributed by atoms with Gasteiger partial charge in [-0.1, -0.05) is 60.7 Å². The van der Waals surface area contributed by atoms with Gasteiger partial charge in [0.1, 0.15) is 6.35 Å². The van der Waals surface area contributed by atoms with Crippen LogP contribution in [-0.2, 0) is 14.0 Å². The Bertz CT molecular complexity index is 578. The van der Waals surface area contributed by atoms with Crippen molar-refractivity contribution < 1.29 is 14.0 Å². The summed E-state index contributed by atoms with van der Waals surface area (Å²) in [4.78, 5) is 0. The Hall–Kier alpha value is -1.41. The number of hydrogen-bond donors (Lipinski definition) is 0. The van der Waals surface area contributed by atoms with Gasteiger partial charge in [0.05, 0.1) is 12.7 Å². The van der Waals surface area contributed by atoms with Crippen molar-refractivity contribution in [3.05, 3.63) is 60.7 Å². The van der Waals surface area contributed by atoms with Crippen LogP contribution in [0, 0.1) is 0 Å². The van der Waals surface area contributed by atoms with Gasteiger partial charge in [0, 0.05) is 17.2 Å². The van der Waals surface area contributed by atoms with Crippen LogP contribution in [0.2, 0.25) is 0 Å². The molecule has 0 aliphatic carbocycles. The Labute approximate surface area is 131 Å². The zero-order valence-corrected chi connectivity index (χ0v) is 13.5. The summed E-state index contributed by atoms with van der Waals surface area (Å²) in [7, 11) is -2.76. The van der Waals surface area contributed by atoms with Crippen molar-refractivity contribution in [2.75, 3.05) is 19.6 Å². The second kappa shape index (κ2) is 7.23. The first kappa shape index (κ1) is 15.5. The van der Waals surface area contributed by atoms with Gasteiger partial charge in [0.2, 0.25) is 0 Å². The molecule has 1 aliphatic rings. The molecule has 1 saturated heterocycles. The van der Waals surface area contributed by atoms with Gasteiger partial charge in [0.15, 0.2) is 7.14 Å². The summed E-state index contributed by atoms with van der Waals surface area (Å²) in [5.41, 5.74) is 0. The number of ether oxygens (including phenoxy) is 2. The molecule has 0 aromatic heterocycles. The van der Waals surface area contributed by atoms with E-state index in [2.05, 4.69) is 0 Å². The molecule has 1 atom stereocenters. The van der Waals surface area contributed by atoms with Crippen molar-refractivity contribution in [1.29, 1.82) is 0 Å². The third-order valence-corrected chi connectivity index (χ3v) is 6.76. The van der Waals surface area contributed by atoms with Crippen LogP contribution in [0.1, 0.15) is 12.8 Å². The van der Waals surface area contributed by atoms with Crippen molar-refractivity contribution in [2.24, 2.45) is 0 Å². The molecule has 3 nitrogen and oxygen atoms in total. The van der Waals surface area contributed by atoms with Gasteiger partial charge in [-0.25, -0.2) is 0 Å². The monoisotopic (exact) mass is 316 g/mol. The summed E-state index contributed by atoms with van der Waals surface area (Å²) in [6.45, 7) is 1.33. The summed E-state index contributed by atoms with van der Waals surface area (Å²) in [6, 6.07) is 19.2. The van der Waals surface area contributed by atoms with Crippen molar-refractivity contribution in [2.45, 2.75) is 18.9 Å². The van der Waals surface area contributed by atoms with E-state index in [1.54, 1.807) is 0 Å². The average Bonchev–Trinajstić information content (AvgIpc) is 3.10. The van der Waals surface area contributed by atoms with Gasteiger partial charge in [-0.05, 0) is 12.8 Å². The molecule has 1 aliphatic heterocycles. The quantitative estimate of drug-likeness (QED) is 0.768. The lowest BCUT2D eigenvalue weighted by molar-refractivity contribution is 0.0318. The van der Waals surface area contributed by atoms with Crippen molar-refractivity contribution in [3.8, 4) is 0 Å². The maximum Gasteiger partial charge on any atom is 0.167 e. The summed E-state index contributed by atoms with van der Waals surface area (Å²) >= 11 is 0. The minimum absolute atomic E-state index is 0.153. The second-order valence-electron chi connectivity index (χ2n) is 5.55. The van der Waals surface area contributed by atoms with Crippen LogP contribution < -0.4 is 10.6 Å². The molecule has 116 valence electrons. The Morgan fingerprint density at radius 1 is 1.00 bits per heavy atom. The van der Waals surface area contributed by atoms with E-state index in [9.17, 15) is 4.57 Å². The fourth-order valence-electron chi connectivity index (χ4n) is 2.72. The van der Waals surface area contributed by atoms with Gasteiger partial charge in [-0.2, -0.15) is 0 Å². The lowest BCUT2D eigenvalue weighted by Gasteiger charge is -2.20. The Kier molecular flexibility index (Phi) is 5.09. The SMILES string of the molecule is O=P(COCC1CCCO1)(c1ccccc1)c1ccccc1. The molecule has 0 amide bonds. The molecule has 1 unspecified atom stereocenters. The predicted molar refractivity (Wildman–Crippen MR) is 89.6 cm³/mol. The first-order chi connectivity index (χ1) is 10.8. The lowest BCUT2D eigenvalue weighted by Crippen LogP contribution is -2.22. The zero-order valence-electron chi connectivity index (χ0n) is 12.6. The van der Waals surface area contributed by atoms with Gasteiger partial charge in [-0.3, -0.25) is 0 Å². The van der Waals surface area contributed by atoms with Crippen LogP contribution in [0.3, 0.4) is 0 Å². The lowest BCUT2D eigenvalue weighted by atomic mass is 10.2.